The number of nitrogens with two attached hydrogens (primary N) is 1. The smallest absolute Gasteiger partial charge is 0.293 e. The fraction of sp³-hybridized carbons (Fsp3) is 0.273. The highest BCUT2D eigenvalue weighted by Crippen LogP contribution is 2.27. The van der Waals surface area contributed by atoms with Crippen LogP contribution >= 0.6 is 0 Å². The lowest BCUT2D eigenvalue weighted by Gasteiger charge is -2.09. The molecule has 1 rings (SSSR count). The summed E-state index contributed by atoms with van der Waals surface area (Å²) in [6, 6.07) is 4.17. The van der Waals surface area contributed by atoms with Gasteiger partial charge in [-0.15, -0.1) is 0 Å². The molecule has 2 amide bonds. The molecule has 0 aliphatic heterocycles. The predicted octanol–water partition coefficient (Wildman–Crippen LogP) is 0.242. The van der Waals surface area contributed by atoms with E-state index in [4.69, 9.17) is 5.73 Å². The molecule has 0 aliphatic rings. The van der Waals surface area contributed by atoms with Gasteiger partial charge >= 0.3 is 0 Å². The monoisotopic (exact) mass is 266 g/mol. The molecule has 0 spiro atoms. The zero-order valence-corrected chi connectivity index (χ0v) is 10.3. The van der Waals surface area contributed by atoms with Gasteiger partial charge in [-0.3, -0.25) is 19.7 Å². The minimum atomic E-state index is -0.577. The maximum Gasteiger partial charge on any atom is 0.293 e. The number of nitro groups is 1. The van der Waals surface area contributed by atoms with E-state index in [-0.39, 0.29) is 29.9 Å². The van der Waals surface area contributed by atoms with Crippen molar-refractivity contribution < 1.29 is 14.5 Å². The molecular weight excluding hydrogens is 252 g/mol. The fourth-order valence-electron chi connectivity index (χ4n) is 1.54. The molecule has 4 N–H and O–H groups in total. The third-order valence-electron chi connectivity index (χ3n) is 2.39. The Morgan fingerprint density at radius 1 is 1.42 bits per heavy atom. The van der Waals surface area contributed by atoms with Gasteiger partial charge in [-0.25, -0.2) is 0 Å². The van der Waals surface area contributed by atoms with Gasteiger partial charge in [-0.1, -0.05) is 6.07 Å². The summed E-state index contributed by atoms with van der Waals surface area (Å²) in [5.41, 5.74) is 5.02. The van der Waals surface area contributed by atoms with Crippen LogP contribution < -0.4 is 16.4 Å². The van der Waals surface area contributed by atoms with Gasteiger partial charge in [-0.05, 0) is 6.07 Å². The number of hydrogen-bond acceptors (Lipinski definition) is 5. The van der Waals surface area contributed by atoms with Crippen LogP contribution in [0.2, 0.25) is 0 Å². The highest BCUT2D eigenvalue weighted by atomic mass is 16.6. The molecule has 0 atom stereocenters. The maximum absolute atomic E-state index is 11.9. The summed E-state index contributed by atoms with van der Waals surface area (Å²) in [6.45, 7) is 0.0833. The van der Waals surface area contributed by atoms with Crippen molar-refractivity contribution in [2.75, 3.05) is 18.9 Å². The lowest BCUT2D eigenvalue weighted by atomic mass is 10.1. The van der Waals surface area contributed by atoms with E-state index >= 15 is 0 Å². The summed E-state index contributed by atoms with van der Waals surface area (Å²) >= 11 is 0. The molecule has 1 aromatic carbocycles. The largest absolute Gasteiger partial charge is 0.382 e. The van der Waals surface area contributed by atoms with Crippen LogP contribution in [0, 0.1) is 10.1 Å². The van der Waals surface area contributed by atoms with Crippen LogP contribution in [0.5, 0.6) is 0 Å². The second kappa shape index (κ2) is 6.34. The Hall–Kier alpha value is -2.64. The average Bonchev–Trinajstić information content (AvgIpc) is 2.36. The molecule has 0 aliphatic carbocycles. The topological polar surface area (TPSA) is 127 Å². The Morgan fingerprint density at radius 3 is 2.63 bits per heavy atom. The van der Waals surface area contributed by atoms with Gasteiger partial charge in [-0.2, -0.15) is 0 Å². The molecule has 0 radical (unpaired) electrons. The number of para-hydroxylation sites is 1. The zero-order chi connectivity index (χ0) is 14.4. The number of carbonyl (C=O) groups excluding carboxylic acids is 2. The number of rotatable bonds is 6. The molecule has 0 unspecified atom stereocenters. The number of amides is 2. The summed E-state index contributed by atoms with van der Waals surface area (Å²) in [5, 5.41) is 15.9. The quantitative estimate of drug-likeness (QED) is 0.502. The van der Waals surface area contributed by atoms with Crippen molar-refractivity contribution in [3.8, 4) is 0 Å². The normalized spacial score (nSPS) is 9.74. The van der Waals surface area contributed by atoms with Crippen LogP contribution in [0.1, 0.15) is 16.8 Å². The Bertz CT molecular complexity index is 515. The summed E-state index contributed by atoms with van der Waals surface area (Å²) < 4.78 is 0. The summed E-state index contributed by atoms with van der Waals surface area (Å²) in [4.78, 5) is 32.7. The highest BCUT2D eigenvalue weighted by Gasteiger charge is 2.20. The van der Waals surface area contributed by atoms with Gasteiger partial charge in [0, 0.05) is 26.1 Å². The lowest BCUT2D eigenvalue weighted by Crippen LogP contribution is -2.28. The van der Waals surface area contributed by atoms with Crippen molar-refractivity contribution in [3.63, 3.8) is 0 Å². The third-order valence-corrected chi connectivity index (χ3v) is 2.39. The number of hydrogen-bond donors (Lipinski definition) is 3. The van der Waals surface area contributed by atoms with Crippen molar-refractivity contribution >= 4 is 23.2 Å². The van der Waals surface area contributed by atoms with Gasteiger partial charge in [0.2, 0.25) is 5.91 Å². The van der Waals surface area contributed by atoms with Crippen LogP contribution in [-0.2, 0) is 4.79 Å². The molecule has 102 valence electrons. The first kappa shape index (κ1) is 14.4. The number of carbonyl (C=O) groups is 2. The van der Waals surface area contributed by atoms with Crippen LogP contribution in [0.3, 0.4) is 0 Å². The van der Waals surface area contributed by atoms with Crippen molar-refractivity contribution in [2.45, 2.75) is 6.42 Å². The first-order chi connectivity index (χ1) is 8.97. The summed E-state index contributed by atoms with van der Waals surface area (Å²) in [6.07, 6.45) is 0.00948. The number of anilines is 1. The van der Waals surface area contributed by atoms with Crippen molar-refractivity contribution in [1.82, 2.24) is 5.32 Å². The van der Waals surface area contributed by atoms with Crippen molar-refractivity contribution in [2.24, 2.45) is 5.73 Å². The SMILES string of the molecule is CNc1c(C(=O)NCCC(N)=O)cccc1[N+](=O)[O-]. The van der Waals surface area contributed by atoms with E-state index in [0.29, 0.717) is 0 Å². The highest BCUT2D eigenvalue weighted by molar-refractivity contribution is 6.01. The molecule has 0 saturated heterocycles. The standard InChI is InChI=1S/C11H14N4O4/c1-13-10-7(3-2-4-8(10)15(18)19)11(17)14-6-5-9(12)16/h2-4,13H,5-6H2,1H3,(H2,12,16)(H,14,17). The van der Waals surface area contributed by atoms with Gasteiger partial charge < -0.3 is 16.4 Å². The second-order valence-corrected chi connectivity index (χ2v) is 3.68. The molecular formula is C11H14N4O4. The molecule has 0 heterocycles. The van der Waals surface area contributed by atoms with E-state index in [0.717, 1.165) is 0 Å². The van der Waals surface area contributed by atoms with E-state index < -0.39 is 16.7 Å². The summed E-state index contributed by atoms with van der Waals surface area (Å²) in [5.74, 6) is -1.04. The van der Waals surface area contributed by atoms with E-state index in [2.05, 4.69) is 10.6 Å². The van der Waals surface area contributed by atoms with Gasteiger partial charge in [0.1, 0.15) is 5.69 Å². The number of nitro benzene ring substituents is 1. The fourth-order valence-corrected chi connectivity index (χ4v) is 1.54. The van der Waals surface area contributed by atoms with E-state index in [1.165, 1.54) is 25.2 Å². The maximum atomic E-state index is 11.9. The van der Waals surface area contributed by atoms with E-state index in [1.54, 1.807) is 0 Å². The molecule has 0 fully saturated rings. The number of primary amides is 1. The van der Waals surface area contributed by atoms with E-state index in [9.17, 15) is 19.7 Å². The molecule has 19 heavy (non-hydrogen) atoms. The van der Waals surface area contributed by atoms with Crippen LogP contribution in [0.25, 0.3) is 0 Å². The molecule has 1 aromatic rings. The summed E-state index contributed by atoms with van der Waals surface area (Å²) in [7, 11) is 1.49. The molecule has 8 heteroatoms. The molecule has 0 saturated carbocycles. The van der Waals surface area contributed by atoms with E-state index in [1.807, 2.05) is 0 Å². The number of benzene rings is 1. The Labute approximate surface area is 109 Å². The minimum Gasteiger partial charge on any atom is -0.382 e. The van der Waals surface area contributed by atoms with Crippen LogP contribution in [0.4, 0.5) is 11.4 Å². The Morgan fingerprint density at radius 2 is 2.11 bits per heavy atom. The Balaban J connectivity index is 2.93. The Kier molecular flexibility index (Phi) is 4.81. The first-order valence-electron chi connectivity index (χ1n) is 5.49. The number of nitrogens with zero attached hydrogens (tertiary/aromatic N) is 1. The van der Waals surface area contributed by atoms with Crippen molar-refractivity contribution in [3.05, 3.63) is 33.9 Å². The zero-order valence-electron chi connectivity index (χ0n) is 10.3. The number of nitrogens with one attached hydrogen (secondary N) is 2. The third kappa shape index (κ3) is 3.66. The first-order valence-corrected chi connectivity index (χ1v) is 5.49. The molecule has 8 nitrogen and oxygen atoms in total. The van der Waals surface area contributed by atoms with Gasteiger partial charge in [0.15, 0.2) is 0 Å². The van der Waals surface area contributed by atoms with Crippen molar-refractivity contribution in [1.29, 1.82) is 0 Å². The average molecular weight is 266 g/mol. The lowest BCUT2D eigenvalue weighted by molar-refractivity contribution is -0.384. The van der Waals surface area contributed by atoms with Gasteiger partial charge in [0.25, 0.3) is 11.6 Å². The van der Waals surface area contributed by atoms with Crippen LogP contribution in [-0.4, -0.2) is 30.3 Å². The molecule has 0 bridgehead atoms. The minimum absolute atomic E-state index is 0.00948. The molecule has 0 aromatic heterocycles. The van der Waals surface area contributed by atoms with Crippen LogP contribution in [0.15, 0.2) is 18.2 Å². The van der Waals surface area contributed by atoms with Gasteiger partial charge in [0.05, 0.1) is 10.5 Å². The second-order valence-electron chi connectivity index (χ2n) is 3.68. The predicted molar refractivity (Wildman–Crippen MR) is 68.8 cm³/mol.